The normalized spacial score (nSPS) is 12.1. The van der Waals surface area contributed by atoms with Gasteiger partial charge in [0.1, 0.15) is 0 Å². The predicted molar refractivity (Wildman–Crippen MR) is 49.4 cm³/mol. The van der Waals surface area contributed by atoms with Crippen molar-refractivity contribution in [3.8, 4) is 0 Å². The molecule has 0 spiro atoms. The van der Waals surface area contributed by atoms with Crippen molar-refractivity contribution in [2.24, 2.45) is 0 Å². The second-order valence-corrected chi connectivity index (χ2v) is 5.04. The summed E-state index contributed by atoms with van der Waals surface area (Å²) in [5.41, 5.74) is 0.220. The minimum Gasteiger partial charge on any atom is -0.218 e. The van der Waals surface area contributed by atoms with Crippen LogP contribution in [0.4, 0.5) is 8.78 Å². The number of alkyl halides is 2. The summed E-state index contributed by atoms with van der Waals surface area (Å²) in [5.74, 6) is -3.40. The molecule has 0 heterocycles. The molecule has 1 aromatic carbocycles. The lowest BCUT2D eigenvalue weighted by molar-refractivity contribution is 0.234. The first-order chi connectivity index (χ1) is 6.35. The van der Waals surface area contributed by atoms with Crippen LogP contribution in [0, 0.1) is 6.92 Å². The van der Waals surface area contributed by atoms with Crippen LogP contribution in [0.25, 0.3) is 0 Å². The van der Waals surface area contributed by atoms with Crippen molar-refractivity contribution in [3.05, 3.63) is 28.8 Å². The van der Waals surface area contributed by atoms with E-state index in [2.05, 4.69) is 0 Å². The van der Waals surface area contributed by atoms with Crippen LogP contribution < -0.4 is 0 Å². The van der Waals surface area contributed by atoms with E-state index in [1.54, 1.807) is 0 Å². The van der Waals surface area contributed by atoms with Crippen LogP contribution >= 0.6 is 11.6 Å². The van der Waals surface area contributed by atoms with Crippen molar-refractivity contribution < 1.29 is 17.2 Å². The van der Waals surface area contributed by atoms with Gasteiger partial charge in [-0.25, -0.2) is 8.42 Å². The molecule has 78 valence electrons. The van der Waals surface area contributed by atoms with Gasteiger partial charge in [-0.3, -0.25) is 0 Å². The Kier molecular flexibility index (Phi) is 3.11. The smallest absolute Gasteiger partial charge is 0.218 e. The molecule has 0 amide bonds. The van der Waals surface area contributed by atoms with Crippen molar-refractivity contribution in [2.45, 2.75) is 17.6 Å². The second kappa shape index (κ2) is 3.82. The van der Waals surface area contributed by atoms with E-state index in [0.717, 1.165) is 6.07 Å². The highest BCUT2D eigenvalue weighted by atomic mass is 35.5. The van der Waals surface area contributed by atoms with E-state index in [-0.39, 0.29) is 10.5 Å². The molecular formula is C8H7ClF2O2S. The van der Waals surface area contributed by atoms with E-state index >= 15 is 0 Å². The SMILES string of the molecule is Cc1cc(Cl)ccc1S(=O)(=O)C(F)F. The molecule has 0 atom stereocenters. The van der Waals surface area contributed by atoms with Gasteiger partial charge >= 0.3 is 5.76 Å². The Morgan fingerprint density at radius 3 is 2.36 bits per heavy atom. The van der Waals surface area contributed by atoms with E-state index in [9.17, 15) is 17.2 Å². The zero-order valence-corrected chi connectivity index (χ0v) is 8.74. The number of sulfone groups is 1. The molecule has 0 saturated carbocycles. The third kappa shape index (κ3) is 2.04. The molecule has 0 aliphatic heterocycles. The molecule has 1 rings (SSSR count). The van der Waals surface area contributed by atoms with Gasteiger partial charge in [-0.1, -0.05) is 11.6 Å². The summed E-state index contributed by atoms with van der Waals surface area (Å²) in [7, 11) is -4.52. The Morgan fingerprint density at radius 1 is 1.36 bits per heavy atom. The van der Waals surface area contributed by atoms with Crippen molar-refractivity contribution in [1.82, 2.24) is 0 Å². The number of halogens is 3. The summed E-state index contributed by atoms with van der Waals surface area (Å²) in [6.45, 7) is 1.42. The number of benzene rings is 1. The molecule has 6 heteroatoms. The highest BCUT2D eigenvalue weighted by molar-refractivity contribution is 7.91. The molecule has 0 fully saturated rings. The van der Waals surface area contributed by atoms with Gasteiger partial charge in [-0.05, 0) is 30.7 Å². The quantitative estimate of drug-likeness (QED) is 0.796. The zero-order valence-electron chi connectivity index (χ0n) is 7.17. The maximum Gasteiger partial charge on any atom is 0.341 e. The van der Waals surface area contributed by atoms with Crippen molar-refractivity contribution >= 4 is 21.4 Å². The minimum atomic E-state index is -4.52. The van der Waals surface area contributed by atoms with E-state index in [4.69, 9.17) is 11.6 Å². The number of aryl methyl sites for hydroxylation is 1. The molecule has 0 aliphatic rings. The lowest BCUT2D eigenvalue weighted by Gasteiger charge is -2.06. The second-order valence-electron chi connectivity index (χ2n) is 2.72. The fourth-order valence-corrected chi connectivity index (χ4v) is 2.21. The van der Waals surface area contributed by atoms with E-state index in [0.29, 0.717) is 5.02 Å². The standard InChI is InChI=1S/C8H7ClF2O2S/c1-5-4-6(9)2-3-7(5)14(12,13)8(10)11/h2-4,8H,1H3. The first kappa shape index (κ1) is 11.4. The average molecular weight is 241 g/mol. The topological polar surface area (TPSA) is 34.1 Å². The fourth-order valence-electron chi connectivity index (χ4n) is 1.03. The molecule has 0 saturated heterocycles. The highest BCUT2D eigenvalue weighted by Gasteiger charge is 2.27. The molecular weight excluding hydrogens is 234 g/mol. The first-order valence-electron chi connectivity index (χ1n) is 3.64. The van der Waals surface area contributed by atoms with Crippen LogP contribution in [0.5, 0.6) is 0 Å². The van der Waals surface area contributed by atoms with Gasteiger partial charge in [-0.2, -0.15) is 8.78 Å². The van der Waals surface area contributed by atoms with Crippen LogP contribution in [-0.4, -0.2) is 14.2 Å². The number of rotatable bonds is 2. The molecule has 1 aromatic rings. The van der Waals surface area contributed by atoms with Gasteiger partial charge in [0.15, 0.2) is 0 Å². The van der Waals surface area contributed by atoms with Crippen LogP contribution in [0.3, 0.4) is 0 Å². The number of hydrogen-bond acceptors (Lipinski definition) is 2. The molecule has 14 heavy (non-hydrogen) atoms. The van der Waals surface area contributed by atoms with Crippen LogP contribution in [0.2, 0.25) is 5.02 Å². The van der Waals surface area contributed by atoms with Gasteiger partial charge in [0.2, 0.25) is 9.84 Å². The van der Waals surface area contributed by atoms with E-state index in [1.165, 1.54) is 19.1 Å². The van der Waals surface area contributed by atoms with Gasteiger partial charge < -0.3 is 0 Å². The van der Waals surface area contributed by atoms with Gasteiger partial charge in [0, 0.05) is 5.02 Å². The summed E-state index contributed by atoms with van der Waals surface area (Å²) >= 11 is 5.56. The Hall–Kier alpha value is -0.680. The van der Waals surface area contributed by atoms with Crippen LogP contribution in [0.15, 0.2) is 23.1 Å². The van der Waals surface area contributed by atoms with Gasteiger partial charge in [0.25, 0.3) is 0 Å². The minimum absolute atomic E-state index is 0.220. The van der Waals surface area contributed by atoms with Crippen molar-refractivity contribution in [3.63, 3.8) is 0 Å². The first-order valence-corrected chi connectivity index (χ1v) is 5.56. The van der Waals surface area contributed by atoms with Crippen molar-refractivity contribution in [1.29, 1.82) is 0 Å². The largest absolute Gasteiger partial charge is 0.341 e. The maximum absolute atomic E-state index is 12.2. The summed E-state index contributed by atoms with van der Waals surface area (Å²) in [5, 5.41) is 0.315. The van der Waals surface area contributed by atoms with Gasteiger partial charge in [-0.15, -0.1) is 0 Å². The highest BCUT2D eigenvalue weighted by Crippen LogP contribution is 2.24. The Balaban J connectivity index is 3.35. The molecule has 0 N–H and O–H groups in total. The lowest BCUT2D eigenvalue weighted by atomic mass is 10.2. The molecule has 2 nitrogen and oxygen atoms in total. The van der Waals surface area contributed by atoms with E-state index < -0.39 is 15.6 Å². The molecule has 0 aliphatic carbocycles. The average Bonchev–Trinajstić information content (AvgIpc) is 2.02. The van der Waals surface area contributed by atoms with Crippen LogP contribution in [0.1, 0.15) is 5.56 Å². The monoisotopic (exact) mass is 240 g/mol. The summed E-state index contributed by atoms with van der Waals surface area (Å²) in [6, 6.07) is 3.68. The number of hydrogen-bond donors (Lipinski definition) is 0. The third-order valence-corrected chi connectivity index (χ3v) is 3.45. The summed E-state index contributed by atoms with van der Waals surface area (Å²) < 4.78 is 46.5. The Bertz CT molecular complexity index is 443. The molecule has 0 bridgehead atoms. The molecule has 0 radical (unpaired) electrons. The van der Waals surface area contributed by atoms with Crippen LogP contribution in [-0.2, 0) is 9.84 Å². The zero-order chi connectivity index (χ0) is 10.9. The maximum atomic E-state index is 12.2. The van der Waals surface area contributed by atoms with Gasteiger partial charge in [0.05, 0.1) is 4.90 Å². The third-order valence-electron chi connectivity index (χ3n) is 1.68. The summed E-state index contributed by atoms with van der Waals surface area (Å²) in [6.07, 6.45) is 0. The summed E-state index contributed by atoms with van der Waals surface area (Å²) in [4.78, 5) is -0.378. The van der Waals surface area contributed by atoms with Crippen molar-refractivity contribution in [2.75, 3.05) is 0 Å². The van der Waals surface area contributed by atoms with E-state index in [1.807, 2.05) is 0 Å². The lowest BCUT2D eigenvalue weighted by Crippen LogP contribution is -2.12. The Morgan fingerprint density at radius 2 is 1.93 bits per heavy atom. The predicted octanol–water partition coefficient (Wildman–Crippen LogP) is 2.64. The molecule has 0 unspecified atom stereocenters. The molecule has 0 aromatic heterocycles. The Labute approximate surface area is 85.4 Å². The fraction of sp³-hybridized carbons (Fsp3) is 0.250.